The molecule has 10 heteroatoms. The van der Waals surface area contributed by atoms with E-state index >= 15 is 0 Å². The van der Waals surface area contributed by atoms with E-state index in [2.05, 4.69) is 0 Å². The van der Waals surface area contributed by atoms with Gasteiger partial charge in [0.15, 0.2) is 0 Å². The molecular weight excluding hydrogens is 488 g/mol. The summed E-state index contributed by atoms with van der Waals surface area (Å²) in [6.45, 7) is 0. The summed E-state index contributed by atoms with van der Waals surface area (Å²) < 4.78 is 57.7. The molecule has 0 aromatic heterocycles. The van der Waals surface area contributed by atoms with E-state index in [0.717, 1.165) is 34.4 Å². The fourth-order valence-electron chi connectivity index (χ4n) is 4.30. The first-order valence-corrected chi connectivity index (χ1v) is 13.6. The van der Waals surface area contributed by atoms with E-state index in [1.54, 1.807) is 24.3 Å². The molecule has 0 bridgehead atoms. The van der Waals surface area contributed by atoms with Crippen molar-refractivity contribution in [2.75, 3.05) is 0 Å². The molecule has 1 unspecified atom stereocenters. The SMILES string of the molecule is NS(=O)(=O)c1ccccc1S(=O)(=O)NC(=O)c1ccc(C2Cc3ccccc3O2)c2ccccc12. The number of hydrogen-bond donors (Lipinski definition) is 2. The molecule has 0 saturated carbocycles. The summed E-state index contributed by atoms with van der Waals surface area (Å²) in [6, 6.07) is 23.0. The van der Waals surface area contributed by atoms with Gasteiger partial charge in [0.2, 0.25) is 10.0 Å². The topological polar surface area (TPSA) is 133 Å². The number of carbonyl (C=O) groups excluding carboxylic acids is 1. The summed E-state index contributed by atoms with van der Waals surface area (Å²) >= 11 is 0. The first-order chi connectivity index (χ1) is 16.6. The van der Waals surface area contributed by atoms with Crippen molar-refractivity contribution in [1.82, 2.24) is 4.72 Å². The summed E-state index contributed by atoms with van der Waals surface area (Å²) in [5.41, 5.74) is 2.08. The minimum atomic E-state index is -4.54. The summed E-state index contributed by atoms with van der Waals surface area (Å²) in [6.07, 6.45) is 0.421. The number of primary sulfonamides is 1. The van der Waals surface area contributed by atoms with Crippen LogP contribution in [0.25, 0.3) is 10.8 Å². The Labute approximate surface area is 202 Å². The molecule has 5 rings (SSSR count). The second-order valence-corrected chi connectivity index (χ2v) is 11.3. The van der Waals surface area contributed by atoms with Gasteiger partial charge in [0.05, 0.1) is 0 Å². The smallest absolute Gasteiger partial charge is 0.265 e. The van der Waals surface area contributed by atoms with Crippen LogP contribution in [-0.2, 0) is 26.5 Å². The molecule has 0 fully saturated rings. The normalized spacial score (nSPS) is 15.4. The molecule has 3 N–H and O–H groups in total. The molecule has 178 valence electrons. The minimum absolute atomic E-state index is 0.122. The van der Waals surface area contributed by atoms with Gasteiger partial charge in [0.1, 0.15) is 21.6 Å². The van der Waals surface area contributed by atoms with Crippen LogP contribution in [0, 0.1) is 0 Å². The molecule has 8 nitrogen and oxygen atoms in total. The zero-order valence-corrected chi connectivity index (χ0v) is 19.8. The third-order valence-corrected chi connectivity index (χ3v) is 8.36. The van der Waals surface area contributed by atoms with Crippen molar-refractivity contribution < 1.29 is 26.4 Å². The van der Waals surface area contributed by atoms with Crippen molar-refractivity contribution in [2.45, 2.75) is 22.3 Å². The summed E-state index contributed by atoms with van der Waals surface area (Å²) in [7, 11) is -8.87. The summed E-state index contributed by atoms with van der Waals surface area (Å²) in [4.78, 5) is 11.9. The lowest BCUT2D eigenvalue weighted by Gasteiger charge is -2.16. The fourth-order valence-corrected chi connectivity index (χ4v) is 6.64. The molecule has 35 heavy (non-hydrogen) atoms. The lowest BCUT2D eigenvalue weighted by Crippen LogP contribution is -2.32. The maximum absolute atomic E-state index is 13.1. The number of carbonyl (C=O) groups is 1. The van der Waals surface area contributed by atoms with Crippen molar-refractivity contribution in [1.29, 1.82) is 0 Å². The first kappa shape index (κ1) is 23.0. The zero-order chi connectivity index (χ0) is 24.8. The average molecular weight is 509 g/mol. The van der Waals surface area contributed by atoms with Crippen LogP contribution < -0.4 is 14.6 Å². The molecule has 1 heterocycles. The van der Waals surface area contributed by atoms with Gasteiger partial charge in [-0.15, -0.1) is 0 Å². The van der Waals surface area contributed by atoms with Crippen LogP contribution in [0.5, 0.6) is 5.75 Å². The Morgan fingerprint density at radius 3 is 2.14 bits per heavy atom. The van der Waals surface area contributed by atoms with Crippen LogP contribution in [-0.4, -0.2) is 22.7 Å². The highest BCUT2D eigenvalue weighted by Gasteiger charge is 2.29. The number of sulfonamides is 2. The molecule has 0 radical (unpaired) electrons. The molecule has 1 amide bonds. The van der Waals surface area contributed by atoms with Crippen molar-refractivity contribution in [3.8, 4) is 5.75 Å². The van der Waals surface area contributed by atoms with Gasteiger partial charge in [-0.2, -0.15) is 0 Å². The van der Waals surface area contributed by atoms with Gasteiger partial charge in [-0.05, 0) is 40.6 Å². The molecule has 1 atom stereocenters. The number of nitrogens with two attached hydrogens (primary N) is 1. The van der Waals surface area contributed by atoms with Crippen molar-refractivity contribution in [3.05, 3.63) is 102 Å². The third-order valence-electron chi connectivity index (χ3n) is 5.87. The van der Waals surface area contributed by atoms with E-state index < -0.39 is 35.7 Å². The van der Waals surface area contributed by atoms with Gasteiger partial charge in [-0.25, -0.2) is 26.7 Å². The standard InChI is InChI=1S/C25H20N2O6S2/c26-34(29,30)23-11-5-6-12-24(23)35(31,32)27-25(28)20-14-13-19(17-8-2-3-9-18(17)20)22-15-16-7-1-4-10-21(16)33-22/h1-14,22H,15H2,(H,27,28)(H2,26,29,30). The predicted octanol–water partition coefficient (Wildman–Crippen LogP) is 3.28. The highest BCUT2D eigenvalue weighted by Crippen LogP contribution is 2.39. The highest BCUT2D eigenvalue weighted by molar-refractivity contribution is 7.92. The Kier molecular flexibility index (Phi) is 5.59. The van der Waals surface area contributed by atoms with Gasteiger partial charge >= 0.3 is 0 Å². The fraction of sp³-hybridized carbons (Fsp3) is 0.0800. The number of ether oxygens (including phenoxy) is 1. The average Bonchev–Trinajstić information content (AvgIpc) is 3.26. The maximum atomic E-state index is 13.1. The number of nitrogens with one attached hydrogen (secondary N) is 1. The van der Waals surface area contributed by atoms with Gasteiger partial charge in [0.25, 0.3) is 15.9 Å². The lowest BCUT2D eigenvalue weighted by molar-refractivity contribution is 0.0983. The number of benzene rings is 4. The zero-order valence-electron chi connectivity index (χ0n) is 18.2. The quantitative estimate of drug-likeness (QED) is 0.425. The van der Waals surface area contributed by atoms with E-state index in [-0.39, 0.29) is 11.7 Å². The van der Waals surface area contributed by atoms with Crippen LogP contribution in [0.4, 0.5) is 0 Å². The van der Waals surface area contributed by atoms with Crippen LogP contribution in [0.1, 0.15) is 27.6 Å². The van der Waals surface area contributed by atoms with Crippen LogP contribution in [0.3, 0.4) is 0 Å². The Hall–Kier alpha value is -3.73. The van der Waals surface area contributed by atoms with E-state index in [9.17, 15) is 21.6 Å². The largest absolute Gasteiger partial charge is 0.485 e. The van der Waals surface area contributed by atoms with Gasteiger partial charge in [-0.3, -0.25) is 4.79 Å². The second-order valence-electron chi connectivity index (χ2n) is 8.09. The molecule has 1 aliphatic heterocycles. The van der Waals surface area contributed by atoms with E-state index in [1.165, 1.54) is 12.1 Å². The minimum Gasteiger partial charge on any atom is -0.485 e. The highest BCUT2D eigenvalue weighted by atomic mass is 32.2. The third kappa shape index (κ3) is 4.27. The van der Waals surface area contributed by atoms with Gasteiger partial charge in [0, 0.05) is 17.5 Å². The Morgan fingerprint density at radius 2 is 1.43 bits per heavy atom. The molecule has 0 saturated heterocycles. The predicted molar refractivity (Wildman–Crippen MR) is 130 cm³/mol. The van der Waals surface area contributed by atoms with Crippen LogP contribution in [0.2, 0.25) is 0 Å². The molecule has 0 aliphatic carbocycles. The summed E-state index contributed by atoms with van der Waals surface area (Å²) in [5.74, 6) is -0.0874. The lowest BCUT2D eigenvalue weighted by atomic mass is 9.94. The number of hydrogen-bond acceptors (Lipinski definition) is 6. The van der Waals surface area contributed by atoms with Crippen molar-refractivity contribution in [2.24, 2.45) is 5.14 Å². The summed E-state index contributed by atoms with van der Waals surface area (Å²) in [5, 5.41) is 6.45. The molecule has 0 spiro atoms. The molecule has 4 aromatic carbocycles. The Morgan fingerprint density at radius 1 is 0.800 bits per heavy atom. The van der Waals surface area contributed by atoms with E-state index in [1.807, 2.05) is 41.1 Å². The Bertz CT molecular complexity index is 1670. The first-order valence-electron chi connectivity index (χ1n) is 10.6. The van der Waals surface area contributed by atoms with Crippen LogP contribution in [0.15, 0.2) is 94.7 Å². The molecule has 1 aliphatic rings. The van der Waals surface area contributed by atoms with Crippen molar-refractivity contribution in [3.63, 3.8) is 0 Å². The van der Waals surface area contributed by atoms with E-state index in [4.69, 9.17) is 9.88 Å². The van der Waals surface area contributed by atoms with Gasteiger partial charge < -0.3 is 4.74 Å². The number of amides is 1. The monoisotopic (exact) mass is 508 g/mol. The number of fused-ring (bicyclic) bond motifs is 2. The maximum Gasteiger partial charge on any atom is 0.265 e. The number of rotatable bonds is 5. The van der Waals surface area contributed by atoms with Gasteiger partial charge in [-0.1, -0.05) is 60.7 Å². The second kappa shape index (κ2) is 8.49. The number of para-hydroxylation sites is 1. The molecular formula is C25H20N2O6S2. The Balaban J connectivity index is 1.51. The van der Waals surface area contributed by atoms with E-state index in [0.29, 0.717) is 11.8 Å². The van der Waals surface area contributed by atoms with Crippen LogP contribution >= 0.6 is 0 Å². The van der Waals surface area contributed by atoms with Crippen molar-refractivity contribution >= 4 is 36.7 Å². The molecule has 4 aromatic rings.